The Kier molecular flexibility index (Phi) is 3.50. The second-order valence-electron chi connectivity index (χ2n) is 3.53. The van der Waals surface area contributed by atoms with Crippen LogP contribution in [0.25, 0.3) is 0 Å². The monoisotopic (exact) mass is 186 g/mol. The van der Waals surface area contributed by atoms with Crippen molar-refractivity contribution in [1.29, 1.82) is 0 Å². The maximum absolute atomic E-state index is 11.0. The number of hydrogen-bond acceptors (Lipinski definition) is 3. The summed E-state index contributed by atoms with van der Waals surface area (Å²) in [4.78, 5) is 11.0. The van der Waals surface area contributed by atoms with E-state index in [9.17, 15) is 4.79 Å². The van der Waals surface area contributed by atoms with Crippen molar-refractivity contribution in [3.8, 4) is 0 Å². The summed E-state index contributed by atoms with van der Waals surface area (Å²) >= 11 is 0. The van der Waals surface area contributed by atoms with E-state index in [1.165, 1.54) is 0 Å². The molecule has 2 amide bonds. The molecule has 0 aliphatic carbocycles. The van der Waals surface area contributed by atoms with Crippen LogP contribution < -0.4 is 21.3 Å². The summed E-state index contributed by atoms with van der Waals surface area (Å²) in [5, 5.41) is 11.7. The largest absolute Gasteiger partial charge is 0.341 e. The van der Waals surface area contributed by atoms with Gasteiger partial charge in [0, 0.05) is 19.1 Å². The minimum absolute atomic E-state index is 0.126. The van der Waals surface area contributed by atoms with Gasteiger partial charge in [-0.25, -0.2) is 4.79 Å². The first-order chi connectivity index (χ1) is 6.11. The van der Waals surface area contributed by atoms with Gasteiger partial charge in [-0.15, -0.1) is 0 Å². The van der Waals surface area contributed by atoms with Gasteiger partial charge in [-0.2, -0.15) is 0 Å². The fourth-order valence-electron chi connectivity index (χ4n) is 1.57. The summed E-state index contributed by atoms with van der Waals surface area (Å²) < 4.78 is 0. The van der Waals surface area contributed by atoms with E-state index in [0.29, 0.717) is 12.1 Å². The van der Waals surface area contributed by atoms with Crippen LogP contribution in [0.1, 0.15) is 20.3 Å². The van der Waals surface area contributed by atoms with Gasteiger partial charge >= 0.3 is 6.03 Å². The fraction of sp³-hybridized carbons (Fsp3) is 0.875. The van der Waals surface area contributed by atoms with Crippen LogP contribution >= 0.6 is 0 Å². The van der Waals surface area contributed by atoms with Crippen molar-refractivity contribution in [3.63, 3.8) is 0 Å². The van der Waals surface area contributed by atoms with E-state index in [2.05, 4.69) is 35.1 Å². The van der Waals surface area contributed by atoms with Crippen LogP contribution in [0, 0.1) is 0 Å². The third-order valence-electron chi connectivity index (χ3n) is 2.11. The van der Waals surface area contributed by atoms with Gasteiger partial charge in [-0.05, 0) is 20.3 Å². The van der Waals surface area contributed by atoms with Gasteiger partial charge in [-0.3, -0.25) is 10.6 Å². The van der Waals surface area contributed by atoms with Crippen molar-refractivity contribution in [2.24, 2.45) is 0 Å². The molecule has 2 atom stereocenters. The standard InChI is InChI=1S/C8H18N4O/c1-5-4-6(2)11-7(10-5)12-8(13)9-3/h5-7,10-11H,4H2,1-3H3,(H2,9,12,13). The number of nitrogens with one attached hydrogen (secondary N) is 4. The molecule has 0 radical (unpaired) electrons. The van der Waals surface area contributed by atoms with Crippen molar-refractivity contribution in [3.05, 3.63) is 0 Å². The SMILES string of the molecule is CNC(=O)NC1NC(C)CC(C)N1. The predicted molar refractivity (Wildman–Crippen MR) is 51.2 cm³/mol. The van der Waals surface area contributed by atoms with Crippen molar-refractivity contribution in [2.45, 2.75) is 38.6 Å². The van der Waals surface area contributed by atoms with Gasteiger partial charge in [0.05, 0.1) is 0 Å². The Labute approximate surface area is 78.6 Å². The second kappa shape index (κ2) is 4.43. The Bertz CT molecular complexity index is 175. The van der Waals surface area contributed by atoms with Crippen LogP contribution in [0.5, 0.6) is 0 Å². The Hall–Kier alpha value is -0.810. The van der Waals surface area contributed by atoms with Crippen LogP contribution in [-0.4, -0.2) is 31.5 Å². The lowest BCUT2D eigenvalue weighted by molar-refractivity contribution is 0.207. The normalized spacial score (nSPS) is 33.9. The Balaban J connectivity index is 2.37. The molecule has 4 N–H and O–H groups in total. The van der Waals surface area contributed by atoms with Gasteiger partial charge in [0.25, 0.3) is 0 Å². The molecule has 1 aliphatic rings. The van der Waals surface area contributed by atoms with E-state index in [4.69, 9.17) is 0 Å². The summed E-state index contributed by atoms with van der Waals surface area (Å²) in [6, 6.07) is 0.683. The number of carbonyl (C=O) groups is 1. The van der Waals surface area contributed by atoms with E-state index in [0.717, 1.165) is 6.42 Å². The smallest absolute Gasteiger partial charge is 0.316 e. The Morgan fingerprint density at radius 2 is 1.85 bits per heavy atom. The van der Waals surface area contributed by atoms with Crippen molar-refractivity contribution in [2.75, 3.05) is 7.05 Å². The zero-order chi connectivity index (χ0) is 9.84. The summed E-state index contributed by atoms with van der Waals surface area (Å²) in [6.07, 6.45) is 0.949. The molecule has 0 bridgehead atoms. The highest BCUT2D eigenvalue weighted by Gasteiger charge is 2.22. The topological polar surface area (TPSA) is 65.2 Å². The molecule has 0 aromatic rings. The lowest BCUT2D eigenvalue weighted by atomic mass is 10.1. The average Bonchev–Trinajstić information content (AvgIpc) is 2.02. The number of amides is 2. The molecular formula is C8H18N4O. The van der Waals surface area contributed by atoms with E-state index in [1.807, 2.05) is 0 Å². The zero-order valence-corrected chi connectivity index (χ0v) is 8.35. The Morgan fingerprint density at radius 1 is 1.31 bits per heavy atom. The number of urea groups is 1. The first kappa shape index (κ1) is 10.3. The van der Waals surface area contributed by atoms with Gasteiger partial charge in [0.15, 0.2) is 0 Å². The molecule has 2 unspecified atom stereocenters. The van der Waals surface area contributed by atoms with Gasteiger partial charge in [-0.1, -0.05) is 0 Å². The second-order valence-corrected chi connectivity index (χ2v) is 3.53. The van der Waals surface area contributed by atoms with Gasteiger partial charge in [0.2, 0.25) is 0 Å². The van der Waals surface area contributed by atoms with Crippen molar-refractivity contribution >= 4 is 6.03 Å². The minimum atomic E-state index is -0.175. The molecule has 0 aromatic carbocycles. The highest BCUT2D eigenvalue weighted by Crippen LogP contribution is 2.03. The van der Waals surface area contributed by atoms with E-state index < -0.39 is 0 Å². The van der Waals surface area contributed by atoms with Crippen LogP contribution in [0.4, 0.5) is 4.79 Å². The van der Waals surface area contributed by atoms with Gasteiger partial charge in [0.1, 0.15) is 6.29 Å². The molecule has 13 heavy (non-hydrogen) atoms. The molecule has 0 aromatic heterocycles. The van der Waals surface area contributed by atoms with Crippen molar-refractivity contribution in [1.82, 2.24) is 21.3 Å². The summed E-state index contributed by atoms with van der Waals surface area (Å²) in [5.74, 6) is 0. The van der Waals surface area contributed by atoms with E-state index in [1.54, 1.807) is 7.05 Å². The molecule has 1 heterocycles. The van der Waals surface area contributed by atoms with Gasteiger partial charge < -0.3 is 10.6 Å². The fourth-order valence-corrected chi connectivity index (χ4v) is 1.57. The quantitative estimate of drug-likeness (QED) is 0.449. The van der Waals surface area contributed by atoms with E-state index >= 15 is 0 Å². The first-order valence-corrected chi connectivity index (χ1v) is 4.62. The van der Waals surface area contributed by atoms with Crippen LogP contribution in [0.2, 0.25) is 0 Å². The zero-order valence-electron chi connectivity index (χ0n) is 8.35. The van der Waals surface area contributed by atoms with Crippen LogP contribution in [0.15, 0.2) is 0 Å². The van der Waals surface area contributed by atoms with Crippen molar-refractivity contribution < 1.29 is 4.79 Å². The molecule has 1 rings (SSSR count). The lowest BCUT2D eigenvalue weighted by Gasteiger charge is -2.34. The molecular weight excluding hydrogens is 168 g/mol. The molecule has 1 aliphatic heterocycles. The van der Waals surface area contributed by atoms with E-state index in [-0.39, 0.29) is 12.3 Å². The highest BCUT2D eigenvalue weighted by molar-refractivity contribution is 5.73. The minimum Gasteiger partial charge on any atom is -0.341 e. The third kappa shape index (κ3) is 3.20. The lowest BCUT2D eigenvalue weighted by Crippen LogP contribution is -2.64. The molecule has 1 saturated heterocycles. The maximum atomic E-state index is 11.0. The molecule has 0 spiro atoms. The summed E-state index contributed by atoms with van der Waals surface area (Å²) in [7, 11) is 1.60. The molecule has 76 valence electrons. The molecule has 0 saturated carbocycles. The molecule has 5 nitrogen and oxygen atoms in total. The molecule has 5 heteroatoms. The number of hydrogen-bond donors (Lipinski definition) is 4. The summed E-state index contributed by atoms with van der Waals surface area (Å²) in [5.41, 5.74) is 0. The highest BCUT2D eigenvalue weighted by atomic mass is 16.2. The predicted octanol–water partition coefficient (Wildman–Crippen LogP) is -0.441. The number of rotatable bonds is 1. The summed E-state index contributed by atoms with van der Waals surface area (Å²) in [6.45, 7) is 4.21. The number of carbonyl (C=O) groups excluding carboxylic acids is 1. The average molecular weight is 186 g/mol. The van der Waals surface area contributed by atoms with Crippen LogP contribution in [-0.2, 0) is 0 Å². The van der Waals surface area contributed by atoms with Crippen LogP contribution in [0.3, 0.4) is 0 Å². The maximum Gasteiger partial charge on any atom is 0.316 e. The molecule has 1 fully saturated rings. The Morgan fingerprint density at radius 3 is 2.31 bits per heavy atom. The third-order valence-corrected chi connectivity index (χ3v) is 2.11. The first-order valence-electron chi connectivity index (χ1n) is 4.62.